The summed E-state index contributed by atoms with van der Waals surface area (Å²) in [6.07, 6.45) is 10.3. The maximum atomic E-state index is 12.7. The predicted octanol–water partition coefficient (Wildman–Crippen LogP) is -0.545. The Bertz CT molecular complexity index is 2160. The molecule has 0 bridgehead atoms. The number of ether oxygens (including phenoxy) is 4. The van der Waals surface area contributed by atoms with E-state index in [2.05, 4.69) is 37.2 Å². The van der Waals surface area contributed by atoms with Crippen LogP contribution in [-0.2, 0) is 86.1 Å². The number of nitrogens with one attached hydrogen (secondary N) is 7. The smallest absolute Gasteiger partial charge is 0.326 e. The molecule has 2 radical (unpaired) electrons. The largest absolute Gasteiger partial charge is 0.481 e. The van der Waals surface area contributed by atoms with E-state index in [4.69, 9.17) is 37.6 Å². The zero-order valence-electron chi connectivity index (χ0n) is 49.6. The minimum absolute atomic E-state index is 0.0224. The summed E-state index contributed by atoms with van der Waals surface area (Å²) in [7, 11) is 5.20. The lowest BCUT2D eigenvalue weighted by molar-refractivity contribution is -0.144. The lowest BCUT2D eigenvalue weighted by Crippen LogP contribution is -2.45. The first-order valence-electron chi connectivity index (χ1n) is 29.4. The number of rotatable bonds is 58. The van der Waals surface area contributed by atoms with Gasteiger partial charge in [-0.2, -0.15) is 0 Å². The quantitative estimate of drug-likeness (QED) is 0.0268. The summed E-state index contributed by atoms with van der Waals surface area (Å²) in [5.74, 6) is -12.3. The molecule has 0 saturated heterocycles. The first-order valence-corrected chi connectivity index (χ1v) is 29.4. The fourth-order valence-corrected chi connectivity index (χ4v) is 8.12. The van der Waals surface area contributed by atoms with Gasteiger partial charge in [0.2, 0.25) is 47.3 Å². The summed E-state index contributed by atoms with van der Waals surface area (Å²) < 4.78 is 21.0. The third kappa shape index (κ3) is 47.5. The van der Waals surface area contributed by atoms with Crippen molar-refractivity contribution in [1.29, 1.82) is 0 Å². The van der Waals surface area contributed by atoms with E-state index < -0.39 is 152 Å². The number of carbonyl (C=O) groups is 14. The van der Waals surface area contributed by atoms with Gasteiger partial charge in [-0.3, -0.25) is 43.2 Å². The van der Waals surface area contributed by atoms with Crippen LogP contribution in [0.1, 0.15) is 167 Å². The Kier molecular flexibility index (Phi) is 46.5. The number of amides is 8. The van der Waals surface area contributed by atoms with Crippen LogP contribution in [0.2, 0.25) is 0 Å². The number of carbonyl (C=O) groups excluding carboxylic acids is 9. The van der Waals surface area contributed by atoms with Crippen molar-refractivity contribution < 1.29 is 112 Å². The molecule has 0 aliphatic rings. The zero-order valence-corrected chi connectivity index (χ0v) is 49.6. The number of unbranched alkanes of at least 4 members (excludes halogenated alkanes) is 13. The molecule has 0 aliphatic carbocycles. The van der Waals surface area contributed by atoms with Gasteiger partial charge in [0.05, 0.1) is 51.4 Å². The van der Waals surface area contributed by atoms with Crippen LogP contribution in [0.25, 0.3) is 0 Å². The van der Waals surface area contributed by atoms with E-state index in [9.17, 15) is 87.5 Å². The number of hydrogen-bond acceptors (Lipinski definition) is 18. The van der Waals surface area contributed by atoms with Gasteiger partial charge in [-0.1, -0.05) is 77.0 Å². The van der Waals surface area contributed by atoms with Crippen LogP contribution in [0.15, 0.2) is 0 Å². The molecule has 31 nitrogen and oxygen atoms in total. The highest BCUT2D eigenvalue weighted by molar-refractivity contribution is 6.59. The minimum atomic E-state index is -1.67. The molecule has 14 N–H and O–H groups in total. The Labute approximate surface area is 506 Å². The molecule has 0 rings (SSSR count). The highest BCUT2D eigenvalue weighted by atomic mass is 16.5. The van der Waals surface area contributed by atoms with Gasteiger partial charge >= 0.3 is 29.8 Å². The summed E-state index contributed by atoms with van der Waals surface area (Å²) in [5.41, 5.74) is 4.21. The minimum Gasteiger partial charge on any atom is -0.481 e. The monoisotopic (exact) mass is 1240 g/mol. The lowest BCUT2D eigenvalue weighted by atomic mass is 9.92. The molecule has 5 atom stereocenters. The second kappa shape index (κ2) is 50.8. The van der Waals surface area contributed by atoms with Gasteiger partial charge in [-0.25, -0.2) is 19.2 Å². The molecule has 0 spiro atoms. The SMILES string of the molecule is [B]C(=O)[C@H](CCC(N)=O)NC(=O)COCCOCCNC(=O)COCCOCCNC(=O)CC[C@@H](NC(=O)CC[C@H](NC(=O)CC[C@@H](NC(=O)CC[C@H](NC(=O)CCCCCCCCCCCCCCCCC(=O)O)C(=O)O)C(=O)O)C(=O)O)C(=O)O. The Balaban J connectivity index is 4.39. The van der Waals surface area contributed by atoms with E-state index in [-0.39, 0.29) is 104 Å². The summed E-state index contributed by atoms with van der Waals surface area (Å²) >= 11 is 0. The molecule has 0 aromatic rings. The molecule has 87 heavy (non-hydrogen) atoms. The van der Waals surface area contributed by atoms with Gasteiger partial charge in [0.15, 0.2) is 7.85 Å². The topological polar surface area (TPSA) is 487 Å². The van der Waals surface area contributed by atoms with Crippen molar-refractivity contribution in [2.75, 3.05) is 65.9 Å². The number of aliphatic carboxylic acids is 5. The summed E-state index contributed by atoms with van der Waals surface area (Å²) in [4.78, 5) is 167. The normalized spacial score (nSPS) is 12.6. The highest BCUT2D eigenvalue weighted by Gasteiger charge is 2.28. The summed E-state index contributed by atoms with van der Waals surface area (Å²) in [5, 5.41) is 63.6. The van der Waals surface area contributed by atoms with Gasteiger partial charge in [0.25, 0.3) is 0 Å². The number of hydrogen-bond donors (Lipinski definition) is 13. The Morgan fingerprint density at radius 2 is 0.609 bits per heavy atom. The van der Waals surface area contributed by atoms with Crippen LogP contribution in [0.4, 0.5) is 0 Å². The molecular weight excluding hydrogens is 1150 g/mol. The van der Waals surface area contributed by atoms with Crippen molar-refractivity contribution >= 4 is 90.6 Å². The fraction of sp³-hybridized carbons (Fsp3) is 0.745. The van der Waals surface area contributed by atoms with E-state index in [0.29, 0.717) is 6.42 Å². The van der Waals surface area contributed by atoms with Gasteiger partial charge in [0.1, 0.15) is 37.4 Å². The van der Waals surface area contributed by atoms with Crippen molar-refractivity contribution in [2.24, 2.45) is 5.73 Å². The molecule has 0 aromatic heterocycles. The molecule has 0 heterocycles. The van der Waals surface area contributed by atoms with E-state index in [1.807, 2.05) is 0 Å². The number of nitrogens with two attached hydrogens (primary N) is 1. The van der Waals surface area contributed by atoms with Gasteiger partial charge in [0, 0.05) is 58.0 Å². The molecule has 0 unspecified atom stereocenters. The van der Waals surface area contributed by atoms with Gasteiger partial charge in [-0.15, -0.1) is 0 Å². The molecular formula is C55H91BN8O23. The molecule has 0 fully saturated rings. The van der Waals surface area contributed by atoms with Crippen molar-refractivity contribution in [1.82, 2.24) is 37.2 Å². The third-order valence-corrected chi connectivity index (χ3v) is 12.9. The van der Waals surface area contributed by atoms with E-state index in [1.54, 1.807) is 0 Å². The van der Waals surface area contributed by atoms with Crippen molar-refractivity contribution in [3.05, 3.63) is 0 Å². The van der Waals surface area contributed by atoms with Crippen LogP contribution < -0.4 is 43.0 Å². The van der Waals surface area contributed by atoms with Gasteiger partial charge < -0.3 is 92.2 Å². The van der Waals surface area contributed by atoms with Crippen LogP contribution >= 0.6 is 0 Å². The third-order valence-electron chi connectivity index (χ3n) is 12.9. The lowest BCUT2D eigenvalue weighted by Gasteiger charge is -2.18. The average molecular weight is 1240 g/mol. The maximum Gasteiger partial charge on any atom is 0.326 e. The summed E-state index contributed by atoms with van der Waals surface area (Å²) in [6, 6.07) is -7.37. The van der Waals surface area contributed by atoms with E-state index in [0.717, 1.165) is 83.5 Å². The van der Waals surface area contributed by atoms with Crippen LogP contribution in [0.3, 0.4) is 0 Å². The molecule has 0 saturated carbocycles. The van der Waals surface area contributed by atoms with E-state index in [1.165, 1.54) is 0 Å². The first kappa shape index (κ1) is 79.7. The molecule has 0 aliphatic heterocycles. The standard InChI is InChI=1S/C55H91BN8O23/c56-51(75)37(17-22-42(57)65)60-49(72)36-87-34-32-85-30-28-59-48(71)35-86-33-31-84-29-27-58-43(66)23-18-38(52(76)77)62-45(68)25-20-40(54(80)81)64-47(70)26-21-41(55(82)83)63-46(69)24-19-39(53(78)79)61-44(67)15-13-11-9-7-5-3-1-2-4-6-8-10-12-14-16-50(73)74/h37-41H,1-36H2,(H2,57,65)(H,58,66)(H,59,71)(H,60,72)(H,61,67)(H,62,68)(H,63,69)(H,64,70)(H,73,74)(H,76,77)(H,78,79)(H,80,81)(H,82,83)/t37-,38+,39-,40-,41+/m0/s1. The fourth-order valence-electron chi connectivity index (χ4n) is 8.12. The second-order valence-corrected chi connectivity index (χ2v) is 20.4. The Morgan fingerprint density at radius 3 is 0.954 bits per heavy atom. The number of carboxylic acids is 5. The number of primary amides is 1. The Morgan fingerprint density at radius 1 is 0.322 bits per heavy atom. The van der Waals surface area contributed by atoms with Crippen LogP contribution in [-0.4, -0.2) is 212 Å². The summed E-state index contributed by atoms with van der Waals surface area (Å²) in [6.45, 7) is -0.150. The molecule has 0 aromatic carbocycles. The second-order valence-electron chi connectivity index (χ2n) is 20.4. The van der Waals surface area contributed by atoms with Crippen molar-refractivity contribution in [3.8, 4) is 0 Å². The highest BCUT2D eigenvalue weighted by Crippen LogP contribution is 2.14. The molecule has 492 valence electrons. The number of carboxylic acid groups (broad SMARTS) is 5. The van der Waals surface area contributed by atoms with Crippen molar-refractivity contribution in [3.63, 3.8) is 0 Å². The first-order chi connectivity index (χ1) is 41.4. The van der Waals surface area contributed by atoms with Crippen molar-refractivity contribution in [2.45, 2.75) is 197 Å². The zero-order chi connectivity index (χ0) is 65.2. The molecule has 32 heteroatoms. The van der Waals surface area contributed by atoms with Crippen LogP contribution in [0.5, 0.6) is 0 Å². The maximum absolute atomic E-state index is 12.7. The molecule has 8 amide bonds. The Hall–Kier alpha value is -7.32. The van der Waals surface area contributed by atoms with Gasteiger partial charge in [-0.05, 0) is 44.9 Å². The van der Waals surface area contributed by atoms with E-state index >= 15 is 0 Å². The van der Waals surface area contributed by atoms with Crippen LogP contribution in [0, 0.1) is 0 Å². The predicted molar refractivity (Wildman–Crippen MR) is 307 cm³/mol. The average Bonchev–Trinajstić information content (AvgIpc) is 3.58.